The second-order valence-corrected chi connectivity index (χ2v) is 9.72. The highest BCUT2D eigenvalue weighted by molar-refractivity contribution is 7.10. The predicted octanol–water partition coefficient (Wildman–Crippen LogP) is 3.94. The summed E-state index contributed by atoms with van der Waals surface area (Å²) in [5.74, 6) is -2.96. The van der Waals surface area contributed by atoms with Crippen molar-refractivity contribution < 1.29 is 18.8 Å². The number of thiophene rings is 1. The third-order valence-corrected chi connectivity index (χ3v) is 5.96. The van der Waals surface area contributed by atoms with Crippen LogP contribution in [0.15, 0.2) is 41.8 Å². The molecule has 2 N–H and O–H groups in total. The number of amides is 3. The molecule has 1 aliphatic carbocycles. The Morgan fingerprint density at radius 1 is 1.10 bits per heavy atom. The van der Waals surface area contributed by atoms with Gasteiger partial charge in [-0.25, -0.2) is 4.39 Å². The van der Waals surface area contributed by atoms with Crippen LogP contribution in [0.4, 0.5) is 10.1 Å². The quantitative estimate of drug-likeness (QED) is 0.685. The molecule has 0 aliphatic heterocycles. The topological polar surface area (TPSA) is 78.5 Å². The highest BCUT2D eigenvalue weighted by atomic mass is 32.1. The van der Waals surface area contributed by atoms with Crippen LogP contribution < -0.4 is 15.5 Å². The fraction of sp³-hybridized carbons (Fsp3) is 0.435. The first-order valence-electron chi connectivity index (χ1n) is 10.4. The van der Waals surface area contributed by atoms with Gasteiger partial charge in [-0.1, -0.05) is 31.0 Å². The summed E-state index contributed by atoms with van der Waals surface area (Å²) in [7, 11) is 0. The molecular weight excluding hydrogens is 417 g/mol. The Hall–Kier alpha value is -2.74. The SMILES string of the molecule is CC(C)(C)NC(=O)[C@H](c1cccs1)N(C(=O)C(=O)NC1CCCC1)c1ccccc1F. The lowest BCUT2D eigenvalue weighted by Crippen LogP contribution is -2.53. The van der Waals surface area contributed by atoms with Crippen molar-refractivity contribution in [2.75, 3.05) is 4.90 Å². The summed E-state index contributed by atoms with van der Waals surface area (Å²) in [5.41, 5.74) is -0.695. The van der Waals surface area contributed by atoms with Crippen molar-refractivity contribution in [3.63, 3.8) is 0 Å². The summed E-state index contributed by atoms with van der Waals surface area (Å²) in [6.45, 7) is 5.45. The number of halogens is 1. The zero-order valence-corrected chi connectivity index (χ0v) is 18.8. The molecular formula is C23H28FN3O3S. The first kappa shape index (κ1) is 22.9. The van der Waals surface area contributed by atoms with Gasteiger partial charge in [-0.15, -0.1) is 11.3 Å². The lowest BCUT2D eigenvalue weighted by molar-refractivity contribution is -0.139. The summed E-state index contributed by atoms with van der Waals surface area (Å²) in [4.78, 5) is 41.0. The molecule has 1 fully saturated rings. The lowest BCUT2D eigenvalue weighted by Gasteiger charge is -2.33. The maximum absolute atomic E-state index is 14.8. The third kappa shape index (κ3) is 5.70. The Morgan fingerprint density at radius 2 is 1.77 bits per heavy atom. The van der Waals surface area contributed by atoms with E-state index in [1.807, 2.05) is 20.8 Å². The smallest absolute Gasteiger partial charge is 0.317 e. The van der Waals surface area contributed by atoms with Gasteiger partial charge < -0.3 is 10.6 Å². The van der Waals surface area contributed by atoms with Gasteiger partial charge in [-0.3, -0.25) is 19.3 Å². The summed E-state index contributed by atoms with van der Waals surface area (Å²) < 4.78 is 14.8. The number of hydrogen-bond donors (Lipinski definition) is 2. The number of nitrogens with zero attached hydrogens (tertiary/aromatic N) is 1. The number of benzene rings is 1. The van der Waals surface area contributed by atoms with E-state index in [1.165, 1.54) is 29.5 Å². The van der Waals surface area contributed by atoms with Gasteiger partial charge in [0.25, 0.3) is 0 Å². The minimum Gasteiger partial charge on any atom is -0.349 e. The van der Waals surface area contributed by atoms with Crippen LogP contribution in [0.3, 0.4) is 0 Å². The van der Waals surface area contributed by atoms with E-state index in [0.717, 1.165) is 30.6 Å². The van der Waals surface area contributed by atoms with Gasteiger partial charge in [-0.2, -0.15) is 0 Å². The fourth-order valence-electron chi connectivity index (χ4n) is 3.70. The first-order valence-corrected chi connectivity index (χ1v) is 11.3. The molecule has 166 valence electrons. The Bertz CT molecular complexity index is 934. The van der Waals surface area contributed by atoms with E-state index in [0.29, 0.717) is 4.88 Å². The van der Waals surface area contributed by atoms with Crippen LogP contribution in [0, 0.1) is 5.82 Å². The third-order valence-electron chi connectivity index (χ3n) is 5.03. The zero-order valence-electron chi connectivity index (χ0n) is 18.0. The number of hydrogen-bond acceptors (Lipinski definition) is 4. The maximum Gasteiger partial charge on any atom is 0.317 e. The molecule has 31 heavy (non-hydrogen) atoms. The molecule has 3 amide bonds. The van der Waals surface area contributed by atoms with Gasteiger partial charge in [0.15, 0.2) is 6.04 Å². The van der Waals surface area contributed by atoms with Gasteiger partial charge in [0.05, 0.1) is 5.69 Å². The Morgan fingerprint density at radius 3 is 2.35 bits per heavy atom. The standard InChI is InChI=1S/C23H28FN3O3S/c1-23(2,3)26-20(28)19(18-13-8-14-31-18)27(17-12-7-6-11-16(17)24)22(30)21(29)25-15-9-4-5-10-15/h6-8,11-15,19H,4-5,9-10H2,1-3H3,(H,25,29)(H,26,28)/t19-/m0/s1. The van der Waals surface area contributed by atoms with Crippen molar-refractivity contribution in [1.82, 2.24) is 10.6 Å². The number of para-hydroxylation sites is 1. The number of rotatable bonds is 5. The normalized spacial score (nSPS) is 15.4. The Kier molecular flexibility index (Phi) is 7.10. The maximum atomic E-state index is 14.8. The van der Waals surface area contributed by atoms with Crippen LogP contribution in [0.2, 0.25) is 0 Å². The first-order chi connectivity index (χ1) is 14.7. The highest BCUT2D eigenvalue weighted by Crippen LogP contribution is 2.33. The number of nitrogens with one attached hydrogen (secondary N) is 2. The lowest BCUT2D eigenvalue weighted by atomic mass is 10.1. The van der Waals surface area contributed by atoms with Crippen molar-refractivity contribution in [2.24, 2.45) is 0 Å². The summed E-state index contributed by atoms with van der Waals surface area (Å²) in [5, 5.41) is 7.39. The van der Waals surface area contributed by atoms with E-state index in [9.17, 15) is 18.8 Å². The molecule has 1 atom stereocenters. The van der Waals surface area contributed by atoms with Crippen LogP contribution >= 0.6 is 11.3 Å². The Labute approximate surface area is 185 Å². The van der Waals surface area contributed by atoms with Crippen LogP contribution in [0.5, 0.6) is 0 Å². The molecule has 0 unspecified atom stereocenters. The van der Waals surface area contributed by atoms with Gasteiger partial charge in [0, 0.05) is 16.5 Å². The van der Waals surface area contributed by atoms with Gasteiger partial charge in [0.2, 0.25) is 5.91 Å². The van der Waals surface area contributed by atoms with Gasteiger partial charge in [0.1, 0.15) is 5.82 Å². The minimum absolute atomic E-state index is 0.0810. The van der Waals surface area contributed by atoms with E-state index in [4.69, 9.17) is 0 Å². The Balaban J connectivity index is 2.03. The molecule has 0 radical (unpaired) electrons. The predicted molar refractivity (Wildman–Crippen MR) is 119 cm³/mol. The molecule has 0 bridgehead atoms. The summed E-state index contributed by atoms with van der Waals surface area (Å²) in [6.07, 6.45) is 3.58. The summed E-state index contributed by atoms with van der Waals surface area (Å²) >= 11 is 1.27. The largest absolute Gasteiger partial charge is 0.349 e. The van der Waals surface area contributed by atoms with Crippen molar-refractivity contribution >= 4 is 34.7 Å². The van der Waals surface area contributed by atoms with Crippen LogP contribution in [-0.4, -0.2) is 29.3 Å². The van der Waals surface area contributed by atoms with Crippen LogP contribution in [-0.2, 0) is 14.4 Å². The number of carbonyl (C=O) groups is 3. The molecule has 2 aromatic rings. The van der Waals surface area contributed by atoms with E-state index in [2.05, 4.69) is 10.6 Å². The molecule has 1 heterocycles. The molecule has 1 saturated carbocycles. The average molecular weight is 446 g/mol. The minimum atomic E-state index is -1.18. The van der Waals surface area contributed by atoms with Crippen molar-refractivity contribution in [3.8, 4) is 0 Å². The van der Waals surface area contributed by atoms with Gasteiger partial charge >= 0.3 is 11.8 Å². The zero-order chi connectivity index (χ0) is 22.6. The van der Waals surface area contributed by atoms with Crippen LogP contribution in [0.25, 0.3) is 0 Å². The summed E-state index contributed by atoms with van der Waals surface area (Å²) in [6, 6.07) is 7.86. The molecule has 8 heteroatoms. The number of anilines is 1. The molecule has 3 rings (SSSR count). The average Bonchev–Trinajstić information content (AvgIpc) is 3.39. The van der Waals surface area contributed by atoms with Crippen LogP contribution in [0.1, 0.15) is 57.4 Å². The van der Waals surface area contributed by atoms with Crippen molar-refractivity contribution in [2.45, 2.75) is 64.1 Å². The van der Waals surface area contributed by atoms with Crippen molar-refractivity contribution in [1.29, 1.82) is 0 Å². The highest BCUT2D eigenvalue weighted by Gasteiger charge is 2.39. The van der Waals surface area contributed by atoms with E-state index >= 15 is 0 Å². The molecule has 1 aliphatic rings. The fourth-order valence-corrected chi connectivity index (χ4v) is 4.51. The van der Waals surface area contributed by atoms with E-state index in [1.54, 1.807) is 23.6 Å². The molecule has 0 spiro atoms. The molecule has 1 aromatic carbocycles. The van der Waals surface area contributed by atoms with E-state index in [-0.39, 0.29) is 11.7 Å². The number of carbonyl (C=O) groups excluding carboxylic acids is 3. The van der Waals surface area contributed by atoms with E-state index < -0.39 is 35.1 Å². The molecule has 0 saturated heterocycles. The second kappa shape index (κ2) is 9.60. The second-order valence-electron chi connectivity index (χ2n) is 8.74. The molecule has 6 nitrogen and oxygen atoms in total. The molecule has 1 aromatic heterocycles. The van der Waals surface area contributed by atoms with Gasteiger partial charge in [-0.05, 0) is 57.2 Å². The van der Waals surface area contributed by atoms with Crippen molar-refractivity contribution in [3.05, 3.63) is 52.5 Å². The monoisotopic (exact) mass is 445 g/mol.